The highest BCUT2D eigenvalue weighted by Crippen LogP contribution is 2.47. The van der Waals surface area contributed by atoms with Crippen molar-refractivity contribution in [2.24, 2.45) is 11.7 Å². The molecule has 2 aliphatic rings. The number of ether oxygens (including phenoxy) is 1. The van der Waals surface area contributed by atoms with Gasteiger partial charge in [0.1, 0.15) is 0 Å². The van der Waals surface area contributed by atoms with E-state index in [1.54, 1.807) is 4.90 Å². The molecule has 0 aromatic carbocycles. The van der Waals surface area contributed by atoms with Gasteiger partial charge in [0, 0.05) is 18.6 Å². The maximum absolute atomic E-state index is 11.4. The highest BCUT2D eigenvalue weighted by atomic mass is 16.6. The Morgan fingerprint density at radius 2 is 2.54 bits per heavy atom. The highest BCUT2D eigenvalue weighted by molar-refractivity contribution is 5.68. The van der Waals surface area contributed by atoms with Crippen LogP contribution in [0.15, 0.2) is 0 Å². The number of hydrogen-bond acceptors (Lipinski definition) is 3. The Balaban J connectivity index is 1.90. The molecule has 0 spiro atoms. The van der Waals surface area contributed by atoms with Gasteiger partial charge in [-0.05, 0) is 25.7 Å². The summed E-state index contributed by atoms with van der Waals surface area (Å²) in [6.07, 6.45) is 1.90. The first kappa shape index (κ1) is 8.81. The third kappa shape index (κ3) is 1.50. The Hall–Kier alpha value is -0.770. The molecule has 2 N–H and O–H groups in total. The Kier molecular flexibility index (Phi) is 1.95. The van der Waals surface area contributed by atoms with Crippen LogP contribution in [-0.4, -0.2) is 36.2 Å². The first-order valence-electron chi connectivity index (χ1n) is 4.86. The van der Waals surface area contributed by atoms with Gasteiger partial charge in [-0.3, -0.25) is 0 Å². The standard InChI is InChI=1S/C9H16N2O2/c1-2-13-8(12)11-4-3-7-5-9(7,10)6-11/h7H,2-6,10H2,1H3. The number of rotatable bonds is 1. The topological polar surface area (TPSA) is 55.6 Å². The van der Waals surface area contributed by atoms with Gasteiger partial charge in [-0.1, -0.05) is 0 Å². The van der Waals surface area contributed by atoms with E-state index < -0.39 is 0 Å². The highest BCUT2D eigenvalue weighted by Gasteiger charge is 2.54. The monoisotopic (exact) mass is 184 g/mol. The number of hydrogen-bond donors (Lipinski definition) is 1. The third-order valence-corrected chi connectivity index (χ3v) is 3.04. The summed E-state index contributed by atoms with van der Waals surface area (Å²) in [5.74, 6) is 0.651. The van der Waals surface area contributed by atoms with Crippen LogP contribution in [0.25, 0.3) is 0 Å². The van der Waals surface area contributed by atoms with Crippen molar-refractivity contribution < 1.29 is 9.53 Å². The van der Waals surface area contributed by atoms with E-state index in [1.807, 2.05) is 6.92 Å². The van der Waals surface area contributed by atoms with E-state index in [1.165, 1.54) is 0 Å². The Morgan fingerprint density at radius 1 is 1.77 bits per heavy atom. The van der Waals surface area contributed by atoms with E-state index in [2.05, 4.69) is 0 Å². The van der Waals surface area contributed by atoms with Crippen molar-refractivity contribution in [1.82, 2.24) is 4.90 Å². The van der Waals surface area contributed by atoms with Gasteiger partial charge in [0.25, 0.3) is 0 Å². The zero-order chi connectivity index (χ0) is 9.47. The molecule has 13 heavy (non-hydrogen) atoms. The number of piperidine rings is 1. The molecule has 2 atom stereocenters. The van der Waals surface area contributed by atoms with Gasteiger partial charge in [0.05, 0.1) is 6.61 Å². The smallest absolute Gasteiger partial charge is 0.409 e. The second-order valence-corrected chi connectivity index (χ2v) is 4.04. The summed E-state index contributed by atoms with van der Waals surface area (Å²) >= 11 is 0. The summed E-state index contributed by atoms with van der Waals surface area (Å²) in [6.45, 7) is 3.75. The summed E-state index contributed by atoms with van der Waals surface area (Å²) in [6, 6.07) is 0. The van der Waals surface area contributed by atoms with Crippen LogP contribution in [0.5, 0.6) is 0 Å². The van der Waals surface area contributed by atoms with Crippen molar-refractivity contribution in [3.05, 3.63) is 0 Å². The molecular formula is C9H16N2O2. The summed E-state index contributed by atoms with van der Waals surface area (Å²) in [5.41, 5.74) is 5.95. The van der Waals surface area contributed by atoms with Crippen LogP contribution in [0.2, 0.25) is 0 Å². The molecule has 1 heterocycles. The first-order valence-corrected chi connectivity index (χ1v) is 4.86. The van der Waals surface area contributed by atoms with Crippen LogP contribution >= 0.6 is 0 Å². The van der Waals surface area contributed by atoms with Gasteiger partial charge >= 0.3 is 6.09 Å². The van der Waals surface area contributed by atoms with Crippen molar-refractivity contribution in [3.63, 3.8) is 0 Å². The zero-order valence-corrected chi connectivity index (χ0v) is 7.95. The summed E-state index contributed by atoms with van der Waals surface area (Å²) in [7, 11) is 0. The molecule has 4 heteroatoms. The SMILES string of the molecule is CCOC(=O)N1CCC2CC2(N)C1. The first-order chi connectivity index (χ1) is 6.15. The van der Waals surface area contributed by atoms with Gasteiger partial charge < -0.3 is 15.4 Å². The van der Waals surface area contributed by atoms with Crippen LogP contribution in [0.1, 0.15) is 19.8 Å². The van der Waals surface area contributed by atoms with Crippen LogP contribution < -0.4 is 5.73 Å². The van der Waals surface area contributed by atoms with Crippen LogP contribution in [0.4, 0.5) is 4.79 Å². The van der Waals surface area contributed by atoms with Gasteiger partial charge in [0.2, 0.25) is 0 Å². The molecule has 74 valence electrons. The summed E-state index contributed by atoms with van der Waals surface area (Å²) < 4.78 is 4.92. The van der Waals surface area contributed by atoms with E-state index in [-0.39, 0.29) is 11.6 Å². The Morgan fingerprint density at radius 3 is 3.15 bits per heavy atom. The number of amides is 1. The molecule has 2 rings (SSSR count). The van der Waals surface area contributed by atoms with Crippen LogP contribution in [-0.2, 0) is 4.74 Å². The average Bonchev–Trinajstić information content (AvgIpc) is 2.75. The lowest BCUT2D eigenvalue weighted by molar-refractivity contribution is 0.0949. The zero-order valence-electron chi connectivity index (χ0n) is 7.95. The minimum atomic E-state index is -0.210. The lowest BCUT2D eigenvalue weighted by Gasteiger charge is -2.29. The van der Waals surface area contributed by atoms with E-state index in [9.17, 15) is 4.79 Å². The van der Waals surface area contributed by atoms with E-state index >= 15 is 0 Å². The van der Waals surface area contributed by atoms with Gasteiger partial charge in [-0.15, -0.1) is 0 Å². The quantitative estimate of drug-likeness (QED) is 0.648. The third-order valence-electron chi connectivity index (χ3n) is 3.04. The predicted molar refractivity (Wildman–Crippen MR) is 48.2 cm³/mol. The molecule has 1 aliphatic carbocycles. The van der Waals surface area contributed by atoms with Gasteiger partial charge in [-0.25, -0.2) is 4.79 Å². The van der Waals surface area contributed by atoms with Crippen molar-refractivity contribution in [3.8, 4) is 0 Å². The van der Waals surface area contributed by atoms with Gasteiger partial charge in [0.15, 0.2) is 0 Å². The molecule has 1 saturated carbocycles. The van der Waals surface area contributed by atoms with Crippen molar-refractivity contribution >= 4 is 6.09 Å². The second kappa shape index (κ2) is 2.87. The minimum Gasteiger partial charge on any atom is -0.450 e. The number of nitrogens with zero attached hydrogens (tertiary/aromatic N) is 1. The Labute approximate surface area is 78.0 Å². The number of fused-ring (bicyclic) bond motifs is 1. The predicted octanol–water partition coefficient (Wildman–Crippen LogP) is 0.566. The second-order valence-electron chi connectivity index (χ2n) is 4.04. The lowest BCUT2D eigenvalue weighted by Crippen LogP contribution is -2.48. The van der Waals surface area contributed by atoms with E-state index in [4.69, 9.17) is 10.5 Å². The van der Waals surface area contributed by atoms with Gasteiger partial charge in [-0.2, -0.15) is 0 Å². The Bertz CT molecular complexity index is 232. The van der Waals surface area contributed by atoms with E-state index in [0.717, 1.165) is 19.4 Å². The van der Waals surface area contributed by atoms with Crippen molar-refractivity contribution in [2.75, 3.05) is 19.7 Å². The normalized spacial score (nSPS) is 36.8. The molecule has 1 aliphatic heterocycles. The van der Waals surface area contributed by atoms with E-state index in [0.29, 0.717) is 19.1 Å². The molecular weight excluding hydrogens is 168 g/mol. The fraction of sp³-hybridized carbons (Fsp3) is 0.889. The maximum atomic E-state index is 11.4. The molecule has 0 radical (unpaired) electrons. The molecule has 0 bridgehead atoms. The number of likely N-dealkylation sites (tertiary alicyclic amines) is 1. The molecule has 0 aromatic heterocycles. The summed E-state index contributed by atoms with van der Waals surface area (Å²) in [5, 5.41) is 0. The largest absolute Gasteiger partial charge is 0.450 e. The average molecular weight is 184 g/mol. The minimum absolute atomic E-state index is 0.0784. The molecule has 1 amide bonds. The molecule has 2 fully saturated rings. The van der Waals surface area contributed by atoms with Crippen LogP contribution in [0.3, 0.4) is 0 Å². The number of carbonyl (C=O) groups is 1. The fourth-order valence-corrected chi connectivity index (χ4v) is 2.10. The number of carbonyl (C=O) groups excluding carboxylic acids is 1. The number of nitrogens with two attached hydrogens (primary N) is 1. The molecule has 4 nitrogen and oxygen atoms in total. The lowest BCUT2D eigenvalue weighted by atomic mass is 10.1. The molecule has 2 unspecified atom stereocenters. The molecule has 0 aromatic rings. The summed E-state index contributed by atoms with van der Waals surface area (Å²) in [4.78, 5) is 13.1. The molecule has 1 saturated heterocycles. The fourth-order valence-electron chi connectivity index (χ4n) is 2.10. The maximum Gasteiger partial charge on any atom is 0.409 e. The van der Waals surface area contributed by atoms with Crippen molar-refractivity contribution in [1.29, 1.82) is 0 Å². The van der Waals surface area contributed by atoms with Crippen LogP contribution in [0, 0.1) is 5.92 Å². The van der Waals surface area contributed by atoms with Crippen molar-refractivity contribution in [2.45, 2.75) is 25.3 Å².